The Morgan fingerprint density at radius 1 is 0.765 bits per heavy atom. The molecular formula is C12H24N2O3. The standard InChI is InChI=1S/C12H24N2O3/c15-10-8-14(9-11(16)12(10)17)7-6-13-4-2-1-3-5-13/h10-12,15-17H,1-9H2. The Morgan fingerprint density at radius 3 is 1.88 bits per heavy atom. The van der Waals surface area contributed by atoms with Gasteiger partial charge in [0.2, 0.25) is 0 Å². The first-order chi connectivity index (χ1) is 8.16. The van der Waals surface area contributed by atoms with Crippen LogP contribution in [0, 0.1) is 0 Å². The van der Waals surface area contributed by atoms with Gasteiger partial charge < -0.3 is 20.2 Å². The zero-order valence-corrected chi connectivity index (χ0v) is 10.3. The first-order valence-electron chi connectivity index (χ1n) is 6.66. The molecular weight excluding hydrogens is 220 g/mol. The average molecular weight is 244 g/mol. The molecule has 0 aromatic carbocycles. The number of aliphatic hydroxyl groups excluding tert-OH is 3. The second kappa shape index (κ2) is 6.11. The van der Waals surface area contributed by atoms with Crippen LogP contribution in [0.25, 0.3) is 0 Å². The predicted molar refractivity (Wildman–Crippen MR) is 64.8 cm³/mol. The third kappa shape index (κ3) is 3.63. The van der Waals surface area contributed by atoms with Gasteiger partial charge in [0.25, 0.3) is 0 Å². The largest absolute Gasteiger partial charge is 0.389 e. The van der Waals surface area contributed by atoms with E-state index in [0.29, 0.717) is 13.1 Å². The maximum Gasteiger partial charge on any atom is 0.108 e. The van der Waals surface area contributed by atoms with Crippen LogP contribution < -0.4 is 0 Å². The molecule has 2 rings (SSSR count). The number of aliphatic hydroxyl groups is 3. The number of hydrogen-bond donors (Lipinski definition) is 3. The van der Waals surface area contributed by atoms with Gasteiger partial charge in [-0.05, 0) is 25.9 Å². The average Bonchev–Trinajstić information content (AvgIpc) is 2.34. The minimum atomic E-state index is -0.985. The van der Waals surface area contributed by atoms with Gasteiger partial charge in [-0.3, -0.25) is 4.90 Å². The molecule has 0 aromatic heterocycles. The Hall–Kier alpha value is -0.200. The van der Waals surface area contributed by atoms with Crippen LogP contribution in [-0.4, -0.2) is 82.7 Å². The maximum absolute atomic E-state index is 9.59. The lowest BCUT2D eigenvalue weighted by Gasteiger charge is -2.38. The van der Waals surface area contributed by atoms with Crippen LogP contribution in [0.15, 0.2) is 0 Å². The molecule has 5 nitrogen and oxygen atoms in total. The summed E-state index contributed by atoms with van der Waals surface area (Å²) in [6.07, 6.45) is 1.28. The van der Waals surface area contributed by atoms with Gasteiger partial charge in [0.1, 0.15) is 6.10 Å². The van der Waals surface area contributed by atoms with Crippen molar-refractivity contribution in [1.29, 1.82) is 0 Å². The van der Waals surface area contributed by atoms with Crippen LogP contribution >= 0.6 is 0 Å². The fourth-order valence-corrected chi connectivity index (χ4v) is 2.72. The van der Waals surface area contributed by atoms with Crippen LogP contribution in [0.5, 0.6) is 0 Å². The second-order valence-electron chi connectivity index (χ2n) is 5.29. The van der Waals surface area contributed by atoms with Crippen molar-refractivity contribution in [3.63, 3.8) is 0 Å². The molecule has 2 unspecified atom stereocenters. The fourth-order valence-electron chi connectivity index (χ4n) is 2.72. The summed E-state index contributed by atoms with van der Waals surface area (Å²) in [5.74, 6) is 0. The zero-order valence-electron chi connectivity index (χ0n) is 10.3. The van der Waals surface area contributed by atoms with Crippen molar-refractivity contribution in [2.75, 3.05) is 39.3 Å². The van der Waals surface area contributed by atoms with Crippen molar-refractivity contribution in [3.8, 4) is 0 Å². The molecule has 17 heavy (non-hydrogen) atoms. The van der Waals surface area contributed by atoms with E-state index in [0.717, 1.165) is 13.1 Å². The quantitative estimate of drug-likeness (QED) is 0.586. The Kier molecular flexibility index (Phi) is 4.76. The van der Waals surface area contributed by atoms with E-state index in [4.69, 9.17) is 0 Å². The van der Waals surface area contributed by atoms with E-state index in [1.54, 1.807) is 0 Å². The van der Waals surface area contributed by atoms with Gasteiger partial charge in [-0.25, -0.2) is 0 Å². The lowest BCUT2D eigenvalue weighted by molar-refractivity contribution is -0.110. The van der Waals surface area contributed by atoms with Gasteiger partial charge in [0.15, 0.2) is 0 Å². The third-order valence-corrected chi connectivity index (χ3v) is 3.86. The highest BCUT2D eigenvalue weighted by molar-refractivity contribution is 4.86. The summed E-state index contributed by atoms with van der Waals surface area (Å²) in [5, 5.41) is 28.6. The number of nitrogens with zero attached hydrogens (tertiary/aromatic N) is 2. The zero-order chi connectivity index (χ0) is 12.3. The van der Waals surface area contributed by atoms with Crippen molar-refractivity contribution < 1.29 is 15.3 Å². The Morgan fingerprint density at radius 2 is 1.29 bits per heavy atom. The summed E-state index contributed by atoms with van der Waals surface area (Å²) in [6, 6.07) is 0. The smallest absolute Gasteiger partial charge is 0.108 e. The molecule has 0 amide bonds. The van der Waals surface area contributed by atoms with E-state index < -0.39 is 18.3 Å². The van der Waals surface area contributed by atoms with Crippen molar-refractivity contribution in [1.82, 2.24) is 9.80 Å². The van der Waals surface area contributed by atoms with E-state index in [1.807, 2.05) is 4.90 Å². The van der Waals surface area contributed by atoms with Crippen LogP contribution in [0.4, 0.5) is 0 Å². The van der Waals surface area contributed by atoms with Gasteiger partial charge in [-0.1, -0.05) is 6.42 Å². The molecule has 2 aliphatic heterocycles. The maximum atomic E-state index is 9.59. The predicted octanol–water partition coefficient (Wildman–Crippen LogP) is -1.13. The summed E-state index contributed by atoms with van der Waals surface area (Å²) >= 11 is 0. The molecule has 2 atom stereocenters. The summed E-state index contributed by atoms with van der Waals surface area (Å²) in [7, 11) is 0. The van der Waals surface area contributed by atoms with E-state index in [-0.39, 0.29) is 0 Å². The Labute approximate surface area is 103 Å². The normalized spacial score (nSPS) is 37.2. The third-order valence-electron chi connectivity index (χ3n) is 3.86. The van der Waals surface area contributed by atoms with E-state index in [2.05, 4.69) is 4.90 Å². The highest BCUT2D eigenvalue weighted by atomic mass is 16.4. The minimum Gasteiger partial charge on any atom is -0.389 e. The van der Waals surface area contributed by atoms with Crippen molar-refractivity contribution in [3.05, 3.63) is 0 Å². The monoisotopic (exact) mass is 244 g/mol. The van der Waals surface area contributed by atoms with E-state index >= 15 is 0 Å². The molecule has 2 saturated heterocycles. The van der Waals surface area contributed by atoms with Crippen LogP contribution in [0.3, 0.4) is 0 Å². The summed E-state index contributed by atoms with van der Waals surface area (Å²) in [5.41, 5.74) is 0. The van der Waals surface area contributed by atoms with Gasteiger partial charge >= 0.3 is 0 Å². The molecule has 3 N–H and O–H groups in total. The number of β-amino-alcohol motifs (C(OH)–C–C–N with tert-alkyl or cyclic N) is 2. The van der Waals surface area contributed by atoms with Crippen LogP contribution in [0.1, 0.15) is 19.3 Å². The first-order valence-corrected chi connectivity index (χ1v) is 6.66. The number of hydrogen-bond acceptors (Lipinski definition) is 5. The molecule has 5 heteroatoms. The number of rotatable bonds is 3. The van der Waals surface area contributed by atoms with Gasteiger partial charge in [-0.2, -0.15) is 0 Å². The van der Waals surface area contributed by atoms with Crippen molar-refractivity contribution in [2.45, 2.75) is 37.6 Å². The molecule has 0 aliphatic carbocycles. The molecule has 0 bridgehead atoms. The molecule has 0 spiro atoms. The fraction of sp³-hybridized carbons (Fsp3) is 1.00. The van der Waals surface area contributed by atoms with Crippen LogP contribution in [-0.2, 0) is 0 Å². The highest BCUT2D eigenvalue weighted by Crippen LogP contribution is 2.13. The van der Waals surface area contributed by atoms with Crippen molar-refractivity contribution >= 4 is 0 Å². The highest BCUT2D eigenvalue weighted by Gasteiger charge is 2.33. The lowest BCUT2D eigenvalue weighted by atomic mass is 10.0. The van der Waals surface area contributed by atoms with Crippen molar-refractivity contribution in [2.24, 2.45) is 0 Å². The Bertz CT molecular complexity index is 222. The SMILES string of the molecule is OC1CN(CCN2CCCCC2)CC(O)C1O. The molecule has 100 valence electrons. The number of piperidine rings is 2. The molecule has 0 aromatic rings. The van der Waals surface area contributed by atoms with E-state index in [9.17, 15) is 15.3 Å². The summed E-state index contributed by atoms with van der Waals surface area (Å²) in [4.78, 5) is 4.48. The molecule has 2 heterocycles. The molecule has 0 saturated carbocycles. The van der Waals surface area contributed by atoms with Crippen LogP contribution in [0.2, 0.25) is 0 Å². The number of likely N-dealkylation sites (tertiary alicyclic amines) is 2. The molecule has 2 aliphatic rings. The summed E-state index contributed by atoms with van der Waals surface area (Å²) < 4.78 is 0. The van der Waals surface area contributed by atoms with Gasteiger partial charge in [-0.15, -0.1) is 0 Å². The molecule has 2 fully saturated rings. The van der Waals surface area contributed by atoms with Gasteiger partial charge in [0, 0.05) is 26.2 Å². The minimum absolute atomic E-state index is 0.464. The van der Waals surface area contributed by atoms with Gasteiger partial charge in [0.05, 0.1) is 12.2 Å². The van der Waals surface area contributed by atoms with E-state index in [1.165, 1.54) is 32.4 Å². The first kappa shape index (κ1) is 13.2. The lowest BCUT2D eigenvalue weighted by Crippen LogP contribution is -2.56. The Balaban J connectivity index is 1.71. The summed E-state index contributed by atoms with van der Waals surface area (Å²) in [6.45, 7) is 5.12. The second-order valence-corrected chi connectivity index (χ2v) is 5.29. The molecule has 0 radical (unpaired) electrons. The topological polar surface area (TPSA) is 67.2 Å².